The molecular weight excluding hydrogens is 493 g/mol. The van der Waals surface area contributed by atoms with E-state index in [0.29, 0.717) is 23.6 Å². The molecule has 2 aliphatic carbocycles. The average molecular weight is 546 g/mol. The van der Waals surface area contributed by atoms with E-state index in [1.54, 1.807) is 11.8 Å². The van der Waals surface area contributed by atoms with Gasteiger partial charge in [0, 0.05) is 24.7 Å². The molecular formula is C37H52FNO. The molecule has 1 amide bonds. The number of likely N-dealkylation sites (N-methyl/N-ethyl adjacent to an activating group) is 1. The molecule has 0 aliphatic heterocycles. The number of carbonyl (C=O) groups is 1. The maximum atomic E-state index is 15.3. The number of aryl methyl sites for hydroxylation is 1. The van der Waals surface area contributed by atoms with Crippen molar-refractivity contribution in [3.8, 4) is 11.1 Å². The van der Waals surface area contributed by atoms with Gasteiger partial charge in [0.1, 0.15) is 5.82 Å². The van der Waals surface area contributed by atoms with Crippen LogP contribution in [0.15, 0.2) is 54.6 Å². The van der Waals surface area contributed by atoms with E-state index in [1.807, 2.05) is 31.3 Å². The van der Waals surface area contributed by atoms with Crippen molar-refractivity contribution in [1.29, 1.82) is 0 Å². The number of nitrogens with zero attached hydrogens (tertiary/aromatic N) is 1. The van der Waals surface area contributed by atoms with Gasteiger partial charge in [0.05, 0.1) is 0 Å². The van der Waals surface area contributed by atoms with Gasteiger partial charge in [0.15, 0.2) is 0 Å². The zero-order chi connectivity index (χ0) is 28.5. The topological polar surface area (TPSA) is 20.3 Å². The van der Waals surface area contributed by atoms with Crippen molar-refractivity contribution in [3.63, 3.8) is 0 Å². The molecule has 4 rings (SSSR count). The summed E-state index contributed by atoms with van der Waals surface area (Å²) in [5.41, 5.74) is 4.57. The molecule has 40 heavy (non-hydrogen) atoms. The van der Waals surface area contributed by atoms with Gasteiger partial charge in [-0.1, -0.05) is 88.4 Å². The summed E-state index contributed by atoms with van der Waals surface area (Å²) in [5, 5.41) is 0. The van der Waals surface area contributed by atoms with E-state index in [1.165, 1.54) is 88.2 Å². The molecule has 2 nitrogen and oxygen atoms in total. The molecule has 0 aromatic heterocycles. The third-order valence-corrected chi connectivity index (χ3v) is 9.95. The van der Waals surface area contributed by atoms with Crippen LogP contribution in [0.4, 0.5) is 4.39 Å². The van der Waals surface area contributed by atoms with Crippen molar-refractivity contribution in [3.05, 3.63) is 71.6 Å². The first-order chi connectivity index (χ1) is 19.4. The fourth-order valence-corrected chi connectivity index (χ4v) is 7.37. The summed E-state index contributed by atoms with van der Waals surface area (Å²) >= 11 is 0. The average Bonchev–Trinajstić information content (AvgIpc) is 2.97. The molecule has 218 valence electrons. The molecule has 0 atom stereocenters. The Hall–Kier alpha value is -2.42. The molecule has 0 spiro atoms. The van der Waals surface area contributed by atoms with E-state index in [-0.39, 0.29) is 11.7 Å². The number of carbonyl (C=O) groups excluding carboxylic acids is 1. The van der Waals surface area contributed by atoms with E-state index in [9.17, 15) is 4.79 Å². The third-order valence-electron chi connectivity index (χ3n) is 9.95. The molecule has 0 N–H and O–H groups in total. The second kappa shape index (κ2) is 15.0. The number of unbranched alkanes of at least 4 members (excludes halogenated alkanes) is 2. The van der Waals surface area contributed by atoms with Crippen molar-refractivity contribution in [2.45, 2.75) is 110 Å². The molecule has 2 fully saturated rings. The van der Waals surface area contributed by atoms with Gasteiger partial charge < -0.3 is 4.90 Å². The number of rotatable bonds is 12. The van der Waals surface area contributed by atoms with Crippen LogP contribution in [-0.2, 0) is 11.2 Å². The lowest BCUT2D eigenvalue weighted by atomic mass is 9.68. The van der Waals surface area contributed by atoms with E-state index >= 15 is 4.39 Å². The Balaban J connectivity index is 1.24. The number of amides is 1. The van der Waals surface area contributed by atoms with Gasteiger partial charge in [0.25, 0.3) is 0 Å². The van der Waals surface area contributed by atoms with Gasteiger partial charge in [0.2, 0.25) is 5.91 Å². The van der Waals surface area contributed by atoms with Crippen molar-refractivity contribution in [2.24, 2.45) is 17.8 Å². The normalized spacial score (nSPS) is 23.1. The highest BCUT2D eigenvalue weighted by Crippen LogP contribution is 2.45. The lowest BCUT2D eigenvalue weighted by Crippen LogP contribution is -2.28. The predicted molar refractivity (Wildman–Crippen MR) is 167 cm³/mol. The molecule has 0 radical (unpaired) electrons. The van der Waals surface area contributed by atoms with Crippen molar-refractivity contribution in [1.82, 2.24) is 4.90 Å². The van der Waals surface area contributed by atoms with Gasteiger partial charge in [-0.25, -0.2) is 4.39 Å². The predicted octanol–water partition coefficient (Wildman–Crippen LogP) is 10.1. The van der Waals surface area contributed by atoms with Crippen LogP contribution in [0.3, 0.4) is 0 Å². The van der Waals surface area contributed by atoms with Crippen LogP contribution in [0, 0.1) is 23.6 Å². The Bertz CT molecular complexity index is 1090. The molecule has 0 bridgehead atoms. The van der Waals surface area contributed by atoms with Gasteiger partial charge >= 0.3 is 0 Å². The Morgan fingerprint density at radius 1 is 0.900 bits per heavy atom. The minimum Gasteiger partial charge on any atom is -0.342 e. The highest BCUT2D eigenvalue weighted by atomic mass is 19.1. The zero-order valence-electron chi connectivity index (χ0n) is 25.4. The van der Waals surface area contributed by atoms with Crippen LogP contribution in [0.25, 0.3) is 11.1 Å². The lowest BCUT2D eigenvalue weighted by Gasteiger charge is -2.38. The highest BCUT2D eigenvalue weighted by Gasteiger charge is 2.31. The standard InChI is InChI=1S/C37H52FNO/c1-5-6-7-9-28-11-15-30(16-12-28)31-19-21-32(22-20-31)34-23-24-35(36(38)26-34)33-17-13-29(14-18-33)10-8-25-39(4)37(40)27(2)3/h13-14,17-18,23-24,26,28,30-32H,2,5-12,15-16,19-22,25H2,1,3-4H3. The maximum absolute atomic E-state index is 15.3. The second-order valence-corrected chi connectivity index (χ2v) is 12.9. The summed E-state index contributed by atoms with van der Waals surface area (Å²) in [6.07, 6.45) is 18.2. The molecule has 3 heteroatoms. The number of halogens is 1. The number of hydrogen-bond donors (Lipinski definition) is 0. The van der Waals surface area contributed by atoms with Crippen molar-refractivity contribution in [2.75, 3.05) is 13.6 Å². The fraction of sp³-hybridized carbons (Fsp3) is 0.595. The summed E-state index contributed by atoms with van der Waals surface area (Å²) in [6.45, 7) is 8.48. The Labute approximate surface area is 243 Å². The molecule has 2 aromatic carbocycles. The minimum absolute atomic E-state index is 0.00211. The van der Waals surface area contributed by atoms with Crippen molar-refractivity contribution >= 4 is 5.91 Å². The molecule has 2 aromatic rings. The van der Waals surface area contributed by atoms with Crippen LogP contribution in [0.1, 0.15) is 114 Å². The van der Waals surface area contributed by atoms with E-state index in [0.717, 1.165) is 36.2 Å². The van der Waals surface area contributed by atoms with Crippen molar-refractivity contribution < 1.29 is 9.18 Å². The quantitative estimate of drug-likeness (QED) is 0.192. The molecule has 0 heterocycles. The molecule has 2 aliphatic rings. The minimum atomic E-state index is -0.103. The van der Waals surface area contributed by atoms with Gasteiger partial charge in [-0.15, -0.1) is 0 Å². The molecule has 0 saturated heterocycles. The third kappa shape index (κ3) is 8.30. The SMILES string of the molecule is C=C(C)C(=O)N(C)CCCc1ccc(-c2ccc(C3CCC(C4CCC(CCCCC)CC4)CC3)cc2F)cc1. The van der Waals surface area contributed by atoms with Gasteiger partial charge in [-0.2, -0.15) is 0 Å². The first-order valence-corrected chi connectivity index (χ1v) is 16.2. The summed E-state index contributed by atoms with van der Waals surface area (Å²) < 4.78 is 15.3. The smallest absolute Gasteiger partial charge is 0.248 e. The van der Waals surface area contributed by atoms with Crippen LogP contribution in [0.2, 0.25) is 0 Å². The Kier molecular flexibility index (Phi) is 11.4. The first kappa shape index (κ1) is 30.5. The van der Waals surface area contributed by atoms with Gasteiger partial charge in [-0.3, -0.25) is 4.79 Å². The number of hydrogen-bond acceptors (Lipinski definition) is 1. The largest absolute Gasteiger partial charge is 0.342 e. The first-order valence-electron chi connectivity index (χ1n) is 16.2. The van der Waals surface area contributed by atoms with E-state index in [4.69, 9.17) is 0 Å². The monoisotopic (exact) mass is 545 g/mol. The summed E-state index contributed by atoms with van der Waals surface area (Å²) in [4.78, 5) is 13.7. The Morgan fingerprint density at radius 2 is 1.55 bits per heavy atom. The Morgan fingerprint density at radius 3 is 2.15 bits per heavy atom. The fourth-order valence-electron chi connectivity index (χ4n) is 7.37. The highest BCUT2D eigenvalue weighted by molar-refractivity contribution is 5.91. The van der Waals surface area contributed by atoms with Crippen LogP contribution >= 0.6 is 0 Å². The summed E-state index contributed by atoms with van der Waals surface area (Å²) in [6, 6.07) is 14.2. The summed E-state index contributed by atoms with van der Waals surface area (Å²) in [5.74, 6) is 3.21. The van der Waals surface area contributed by atoms with Crippen LogP contribution in [0.5, 0.6) is 0 Å². The molecule has 2 saturated carbocycles. The second-order valence-electron chi connectivity index (χ2n) is 12.9. The lowest BCUT2D eigenvalue weighted by molar-refractivity contribution is -0.125. The molecule has 0 unspecified atom stereocenters. The van der Waals surface area contributed by atoms with Crippen LogP contribution in [-0.4, -0.2) is 24.4 Å². The maximum Gasteiger partial charge on any atom is 0.248 e. The number of benzene rings is 2. The van der Waals surface area contributed by atoms with E-state index < -0.39 is 0 Å². The van der Waals surface area contributed by atoms with E-state index in [2.05, 4.69) is 31.7 Å². The van der Waals surface area contributed by atoms with Gasteiger partial charge in [-0.05, 0) is 105 Å². The zero-order valence-corrected chi connectivity index (χ0v) is 25.4. The van der Waals surface area contributed by atoms with Crippen LogP contribution < -0.4 is 0 Å². The summed E-state index contributed by atoms with van der Waals surface area (Å²) in [7, 11) is 1.82.